The number of hydrogen-bond donors (Lipinski definition) is 0. The van der Waals surface area contributed by atoms with E-state index in [-0.39, 0.29) is 10.8 Å². The van der Waals surface area contributed by atoms with Gasteiger partial charge in [0.05, 0.1) is 11.4 Å². The second-order valence-corrected chi connectivity index (χ2v) is 9.89. The minimum absolute atomic E-state index is 0.158. The highest BCUT2D eigenvalue weighted by atomic mass is 32.2. The number of thioether (sulfide) groups is 1. The summed E-state index contributed by atoms with van der Waals surface area (Å²) >= 11 is 1.55. The molecule has 6 nitrogen and oxygen atoms in total. The third-order valence-electron chi connectivity index (χ3n) is 4.94. The minimum atomic E-state index is -3.54. The molecular weight excluding hydrogens is 418 g/mol. The fourth-order valence-corrected chi connectivity index (χ4v) is 5.77. The molecule has 0 fully saturated rings. The lowest BCUT2D eigenvalue weighted by molar-refractivity contribution is 0.0860. The van der Waals surface area contributed by atoms with Crippen molar-refractivity contribution in [2.24, 2.45) is 4.99 Å². The molecule has 1 heterocycles. The van der Waals surface area contributed by atoms with Gasteiger partial charge >= 0.3 is 0 Å². The molecule has 2 aromatic rings. The molecule has 2 aromatic carbocycles. The van der Waals surface area contributed by atoms with E-state index in [2.05, 4.69) is 30.1 Å². The van der Waals surface area contributed by atoms with Gasteiger partial charge in [-0.3, -0.25) is 14.7 Å². The van der Waals surface area contributed by atoms with Crippen molar-refractivity contribution in [3.8, 4) is 0 Å². The summed E-state index contributed by atoms with van der Waals surface area (Å²) in [5.74, 6) is 0.584. The zero-order chi connectivity index (χ0) is 21.7. The van der Waals surface area contributed by atoms with E-state index >= 15 is 0 Å². The quantitative estimate of drug-likeness (QED) is 0.650. The molecule has 0 aromatic heterocycles. The van der Waals surface area contributed by atoms with E-state index in [4.69, 9.17) is 0 Å². The van der Waals surface area contributed by atoms with Gasteiger partial charge < -0.3 is 0 Å². The van der Waals surface area contributed by atoms with E-state index in [9.17, 15) is 13.2 Å². The Morgan fingerprint density at radius 3 is 2.47 bits per heavy atom. The molecular formula is C22H27N3O3S2. The van der Waals surface area contributed by atoms with Gasteiger partial charge in [0.2, 0.25) is 10.0 Å². The molecule has 3 rings (SSSR count). The van der Waals surface area contributed by atoms with Crippen LogP contribution in [0.1, 0.15) is 35.3 Å². The lowest BCUT2D eigenvalue weighted by Crippen LogP contribution is -2.33. The Labute approximate surface area is 183 Å². The van der Waals surface area contributed by atoms with Crippen LogP contribution in [0.25, 0.3) is 0 Å². The maximum atomic E-state index is 13.0. The number of nitrogens with zero attached hydrogens (tertiary/aromatic N) is 3. The van der Waals surface area contributed by atoms with Gasteiger partial charge in [0, 0.05) is 31.0 Å². The van der Waals surface area contributed by atoms with Crippen molar-refractivity contribution in [1.29, 1.82) is 0 Å². The van der Waals surface area contributed by atoms with Crippen LogP contribution < -0.4 is 0 Å². The Bertz CT molecular complexity index is 1030. The third-order valence-corrected chi connectivity index (χ3v) is 8.09. The van der Waals surface area contributed by atoms with Crippen molar-refractivity contribution in [2.75, 3.05) is 26.2 Å². The van der Waals surface area contributed by atoms with Crippen molar-refractivity contribution >= 4 is 32.9 Å². The van der Waals surface area contributed by atoms with Gasteiger partial charge in [0.25, 0.3) is 5.91 Å². The van der Waals surface area contributed by atoms with Gasteiger partial charge in [-0.05, 0) is 36.8 Å². The van der Waals surface area contributed by atoms with Crippen LogP contribution in [0.5, 0.6) is 0 Å². The first-order valence-corrected chi connectivity index (χ1v) is 12.4. The Morgan fingerprint density at radius 2 is 1.83 bits per heavy atom. The van der Waals surface area contributed by atoms with Crippen molar-refractivity contribution in [3.05, 3.63) is 65.2 Å². The first-order valence-electron chi connectivity index (χ1n) is 10.0. The highest BCUT2D eigenvalue weighted by Crippen LogP contribution is 2.23. The highest BCUT2D eigenvalue weighted by Gasteiger charge is 2.26. The molecule has 0 radical (unpaired) electrons. The summed E-state index contributed by atoms with van der Waals surface area (Å²) in [6, 6.07) is 14.5. The fourth-order valence-electron chi connectivity index (χ4n) is 3.33. The molecule has 0 unspecified atom stereocenters. The number of amides is 1. The summed E-state index contributed by atoms with van der Waals surface area (Å²) in [4.78, 5) is 19.4. The first-order chi connectivity index (χ1) is 14.4. The topological polar surface area (TPSA) is 70.1 Å². The van der Waals surface area contributed by atoms with Gasteiger partial charge in [0.1, 0.15) is 0 Å². The van der Waals surface area contributed by atoms with Crippen LogP contribution in [0, 0.1) is 6.92 Å². The maximum Gasteiger partial charge on any atom is 0.259 e. The van der Waals surface area contributed by atoms with Crippen LogP contribution in [0.4, 0.5) is 0 Å². The van der Waals surface area contributed by atoms with Gasteiger partial charge in [0.15, 0.2) is 5.17 Å². The van der Waals surface area contributed by atoms with Crippen LogP contribution in [0.2, 0.25) is 0 Å². The van der Waals surface area contributed by atoms with Crippen LogP contribution in [-0.4, -0.2) is 54.9 Å². The van der Waals surface area contributed by atoms with E-state index in [1.807, 2.05) is 19.9 Å². The van der Waals surface area contributed by atoms with Crippen LogP contribution >= 0.6 is 11.8 Å². The number of benzene rings is 2. The molecule has 0 aliphatic carbocycles. The summed E-state index contributed by atoms with van der Waals surface area (Å²) in [6.45, 7) is 7.60. The lowest BCUT2D eigenvalue weighted by atomic mass is 10.2. The van der Waals surface area contributed by atoms with Crippen LogP contribution in [-0.2, 0) is 15.8 Å². The van der Waals surface area contributed by atoms with Crippen molar-refractivity contribution in [2.45, 2.75) is 31.4 Å². The fraction of sp³-hybridized carbons (Fsp3) is 0.364. The number of sulfonamides is 1. The summed E-state index contributed by atoms with van der Waals surface area (Å²) in [6.07, 6.45) is 0. The van der Waals surface area contributed by atoms with E-state index in [1.165, 1.54) is 27.6 Å². The number of carbonyl (C=O) groups excluding carboxylic acids is 1. The molecule has 0 atom stereocenters. The SMILES string of the molecule is CCN(CC)S(=O)(=O)c1ccc(C(=O)N2CCN=C2SCc2cccc(C)c2)cc1. The second-order valence-electron chi connectivity index (χ2n) is 7.01. The molecule has 0 bridgehead atoms. The predicted octanol–water partition coefficient (Wildman–Crippen LogP) is 3.77. The van der Waals surface area contributed by atoms with Gasteiger partial charge in [-0.15, -0.1) is 0 Å². The maximum absolute atomic E-state index is 13.0. The smallest absolute Gasteiger partial charge is 0.259 e. The minimum Gasteiger partial charge on any atom is -0.286 e. The van der Waals surface area contributed by atoms with E-state index < -0.39 is 10.0 Å². The van der Waals surface area contributed by atoms with E-state index in [1.54, 1.807) is 28.8 Å². The molecule has 0 N–H and O–H groups in total. The summed E-state index contributed by atoms with van der Waals surface area (Å²) < 4.78 is 26.7. The largest absolute Gasteiger partial charge is 0.286 e. The molecule has 1 aliphatic rings. The zero-order valence-electron chi connectivity index (χ0n) is 17.5. The standard InChI is InChI=1S/C22H27N3O3S2/c1-4-24(5-2)30(27,28)20-11-9-19(10-12-20)21(26)25-14-13-23-22(25)29-16-18-8-6-7-17(3)15-18/h6-12,15H,4-5,13-14,16H2,1-3H3. The summed E-state index contributed by atoms with van der Waals surface area (Å²) in [5.41, 5.74) is 2.85. The monoisotopic (exact) mass is 445 g/mol. The Morgan fingerprint density at radius 1 is 1.13 bits per heavy atom. The Kier molecular flexibility index (Phi) is 7.33. The number of hydrogen-bond acceptors (Lipinski definition) is 5. The third kappa shape index (κ3) is 4.94. The number of rotatable bonds is 7. The van der Waals surface area contributed by atoms with E-state index in [0.29, 0.717) is 36.9 Å². The Hall–Kier alpha value is -2.16. The van der Waals surface area contributed by atoms with E-state index in [0.717, 1.165) is 5.75 Å². The van der Waals surface area contributed by atoms with Crippen molar-refractivity contribution in [3.63, 3.8) is 0 Å². The van der Waals surface area contributed by atoms with Crippen molar-refractivity contribution < 1.29 is 13.2 Å². The molecule has 0 spiro atoms. The van der Waals surface area contributed by atoms with Gasteiger partial charge in [-0.1, -0.05) is 55.4 Å². The lowest BCUT2D eigenvalue weighted by Gasteiger charge is -2.20. The number of carbonyl (C=O) groups is 1. The number of amidine groups is 1. The molecule has 30 heavy (non-hydrogen) atoms. The zero-order valence-corrected chi connectivity index (χ0v) is 19.2. The number of aryl methyl sites for hydroxylation is 1. The molecule has 0 saturated carbocycles. The van der Waals surface area contributed by atoms with Gasteiger partial charge in [-0.25, -0.2) is 8.42 Å². The summed E-state index contributed by atoms with van der Waals surface area (Å²) in [5, 5.41) is 0.710. The normalized spacial score (nSPS) is 14.3. The van der Waals surface area contributed by atoms with Gasteiger partial charge in [-0.2, -0.15) is 4.31 Å². The second kappa shape index (κ2) is 9.76. The number of aliphatic imine (C=N–C) groups is 1. The molecule has 0 saturated heterocycles. The molecule has 160 valence electrons. The molecule has 8 heteroatoms. The average molecular weight is 446 g/mol. The highest BCUT2D eigenvalue weighted by molar-refractivity contribution is 8.13. The Balaban J connectivity index is 1.70. The predicted molar refractivity (Wildman–Crippen MR) is 122 cm³/mol. The first kappa shape index (κ1) is 22.5. The molecule has 1 amide bonds. The summed E-state index contributed by atoms with van der Waals surface area (Å²) in [7, 11) is -3.54. The average Bonchev–Trinajstić information content (AvgIpc) is 3.21. The van der Waals surface area contributed by atoms with Crippen molar-refractivity contribution in [1.82, 2.24) is 9.21 Å². The van der Waals surface area contributed by atoms with Crippen LogP contribution in [0.15, 0.2) is 58.4 Å². The molecule has 1 aliphatic heterocycles. The van der Waals surface area contributed by atoms with Crippen LogP contribution in [0.3, 0.4) is 0 Å².